The molecule has 0 unspecified atom stereocenters. The predicted octanol–water partition coefficient (Wildman–Crippen LogP) is 5.07. The maximum atomic E-state index is 13.5. The fourth-order valence-corrected chi connectivity index (χ4v) is 3.87. The molecule has 3 rings (SSSR count). The summed E-state index contributed by atoms with van der Waals surface area (Å²) in [5, 5.41) is 2.94. The molecule has 0 radical (unpaired) electrons. The highest BCUT2D eigenvalue weighted by atomic mass is 16.5. The summed E-state index contributed by atoms with van der Waals surface area (Å²) in [4.78, 5) is 30.7. The largest absolute Gasteiger partial charge is 0.497 e. The molecule has 2 aromatic carbocycles. The summed E-state index contributed by atoms with van der Waals surface area (Å²) in [6.07, 6.45) is 0. The third kappa shape index (κ3) is 6.10. The van der Waals surface area contributed by atoms with Gasteiger partial charge in [0.15, 0.2) is 0 Å². The maximum Gasteiger partial charge on any atom is 0.355 e. The summed E-state index contributed by atoms with van der Waals surface area (Å²) in [5.74, 6) is 1.41. The number of hydrogen-bond donors (Lipinski definition) is 2. The lowest BCUT2D eigenvalue weighted by Gasteiger charge is -2.24. The number of carbonyl (C=O) groups is 2. The Labute approximate surface area is 211 Å². The molecule has 0 aliphatic heterocycles. The van der Waals surface area contributed by atoms with Crippen molar-refractivity contribution in [2.45, 2.75) is 33.9 Å². The number of urea groups is 1. The number of methoxy groups -OCH3 is 3. The Morgan fingerprint density at radius 1 is 0.917 bits per heavy atom. The van der Waals surface area contributed by atoms with E-state index in [1.807, 2.05) is 38.1 Å². The summed E-state index contributed by atoms with van der Waals surface area (Å²) in [6, 6.07) is 12.4. The molecule has 0 spiro atoms. The van der Waals surface area contributed by atoms with Crippen LogP contribution in [0.4, 0.5) is 10.5 Å². The van der Waals surface area contributed by atoms with Gasteiger partial charge < -0.3 is 34.1 Å². The van der Waals surface area contributed by atoms with E-state index in [4.69, 9.17) is 18.9 Å². The van der Waals surface area contributed by atoms with E-state index in [1.54, 1.807) is 44.2 Å². The number of esters is 1. The fourth-order valence-electron chi connectivity index (χ4n) is 3.87. The summed E-state index contributed by atoms with van der Waals surface area (Å²) < 4.78 is 21.1. The summed E-state index contributed by atoms with van der Waals surface area (Å²) >= 11 is 0. The van der Waals surface area contributed by atoms with Crippen molar-refractivity contribution in [1.82, 2.24) is 9.88 Å². The molecule has 36 heavy (non-hydrogen) atoms. The van der Waals surface area contributed by atoms with Gasteiger partial charge in [0.1, 0.15) is 22.9 Å². The second-order valence-electron chi connectivity index (χ2n) is 8.15. The highest BCUT2D eigenvalue weighted by Gasteiger charge is 2.23. The predicted molar refractivity (Wildman–Crippen MR) is 137 cm³/mol. The summed E-state index contributed by atoms with van der Waals surface area (Å²) in [5.41, 5.74) is 4.22. The van der Waals surface area contributed by atoms with Crippen molar-refractivity contribution >= 4 is 17.7 Å². The number of anilines is 1. The standard InChI is InChI=1S/C27H33N3O6/c1-7-36-26(31)25-17(2)22(18(3)28-25)16-30(15-19-8-10-20(33-4)11-9-19)27(32)29-23-13-12-21(34-5)14-24(23)35-6/h8-14,28H,7,15-16H2,1-6H3,(H,29,32). The van der Waals surface area contributed by atoms with Crippen LogP contribution in [0.3, 0.4) is 0 Å². The number of nitrogens with one attached hydrogen (secondary N) is 2. The number of aryl methyl sites for hydroxylation is 1. The van der Waals surface area contributed by atoms with Crippen molar-refractivity contribution in [3.05, 3.63) is 70.5 Å². The van der Waals surface area contributed by atoms with Crippen LogP contribution < -0.4 is 19.5 Å². The summed E-state index contributed by atoms with van der Waals surface area (Å²) in [7, 11) is 4.70. The monoisotopic (exact) mass is 495 g/mol. The quantitative estimate of drug-likeness (QED) is 0.381. The van der Waals surface area contributed by atoms with Crippen LogP contribution in [-0.4, -0.2) is 49.8 Å². The average molecular weight is 496 g/mol. The van der Waals surface area contributed by atoms with Gasteiger partial charge in [0.05, 0.1) is 33.6 Å². The molecule has 2 N–H and O–H groups in total. The van der Waals surface area contributed by atoms with Crippen LogP contribution in [0.15, 0.2) is 42.5 Å². The number of ether oxygens (including phenoxy) is 4. The van der Waals surface area contributed by atoms with Crippen LogP contribution in [0.5, 0.6) is 17.2 Å². The first-order valence-corrected chi connectivity index (χ1v) is 11.6. The zero-order valence-corrected chi connectivity index (χ0v) is 21.6. The van der Waals surface area contributed by atoms with Crippen LogP contribution in [-0.2, 0) is 17.8 Å². The van der Waals surface area contributed by atoms with Crippen LogP contribution in [0.2, 0.25) is 0 Å². The van der Waals surface area contributed by atoms with Gasteiger partial charge >= 0.3 is 12.0 Å². The Morgan fingerprint density at radius 2 is 1.58 bits per heavy atom. The lowest BCUT2D eigenvalue weighted by molar-refractivity contribution is 0.0519. The molecule has 1 aromatic heterocycles. The Balaban J connectivity index is 1.92. The molecule has 9 heteroatoms. The SMILES string of the molecule is CCOC(=O)c1[nH]c(C)c(CN(Cc2ccc(OC)cc2)C(=O)Nc2ccc(OC)cc2OC)c1C. The molecule has 0 aliphatic carbocycles. The molecular formula is C27H33N3O6. The number of aromatic nitrogens is 1. The first-order chi connectivity index (χ1) is 17.3. The molecule has 0 bridgehead atoms. The molecule has 9 nitrogen and oxygen atoms in total. The van der Waals surface area contributed by atoms with Crippen molar-refractivity contribution in [1.29, 1.82) is 0 Å². The van der Waals surface area contributed by atoms with E-state index in [9.17, 15) is 9.59 Å². The highest BCUT2D eigenvalue weighted by Crippen LogP contribution is 2.30. The highest BCUT2D eigenvalue weighted by molar-refractivity contribution is 5.92. The van der Waals surface area contributed by atoms with E-state index in [-0.39, 0.29) is 19.2 Å². The van der Waals surface area contributed by atoms with Crippen molar-refractivity contribution in [3.63, 3.8) is 0 Å². The van der Waals surface area contributed by atoms with Crippen molar-refractivity contribution in [2.75, 3.05) is 33.3 Å². The topological polar surface area (TPSA) is 102 Å². The Bertz CT molecular complexity index is 1200. The van der Waals surface area contributed by atoms with Gasteiger partial charge in [-0.05, 0) is 61.7 Å². The molecule has 0 atom stereocenters. The van der Waals surface area contributed by atoms with E-state index < -0.39 is 5.97 Å². The number of benzene rings is 2. The first-order valence-electron chi connectivity index (χ1n) is 11.6. The molecule has 0 fully saturated rings. The number of rotatable bonds is 10. The second kappa shape index (κ2) is 12.0. The number of hydrogen-bond acceptors (Lipinski definition) is 6. The zero-order valence-electron chi connectivity index (χ0n) is 21.6. The Hall–Kier alpha value is -4.14. The van der Waals surface area contributed by atoms with E-state index in [0.717, 1.165) is 28.1 Å². The number of amides is 2. The minimum Gasteiger partial charge on any atom is -0.497 e. The van der Waals surface area contributed by atoms with Gasteiger partial charge in [-0.25, -0.2) is 9.59 Å². The third-order valence-electron chi connectivity index (χ3n) is 5.89. The molecule has 1 heterocycles. The van der Waals surface area contributed by atoms with Crippen molar-refractivity contribution < 1.29 is 28.5 Å². The van der Waals surface area contributed by atoms with Crippen molar-refractivity contribution in [3.8, 4) is 17.2 Å². The van der Waals surface area contributed by atoms with Crippen LogP contribution in [0, 0.1) is 13.8 Å². The Morgan fingerprint density at radius 3 is 2.19 bits per heavy atom. The van der Waals surface area contributed by atoms with Gasteiger partial charge in [-0.3, -0.25) is 0 Å². The number of nitrogens with zero attached hydrogens (tertiary/aromatic N) is 1. The van der Waals surface area contributed by atoms with Crippen LogP contribution in [0.25, 0.3) is 0 Å². The second-order valence-corrected chi connectivity index (χ2v) is 8.15. The number of aromatic amines is 1. The van der Waals surface area contributed by atoms with E-state index in [2.05, 4.69) is 10.3 Å². The molecule has 2 amide bonds. The maximum absolute atomic E-state index is 13.5. The molecule has 192 valence electrons. The van der Waals surface area contributed by atoms with Crippen molar-refractivity contribution in [2.24, 2.45) is 0 Å². The van der Waals surface area contributed by atoms with Gasteiger partial charge in [0.25, 0.3) is 0 Å². The van der Waals surface area contributed by atoms with Gasteiger partial charge in [0.2, 0.25) is 0 Å². The molecule has 0 aliphatic rings. The Kier molecular flexibility index (Phi) is 8.83. The normalized spacial score (nSPS) is 10.5. The van der Waals surface area contributed by atoms with Crippen LogP contribution >= 0.6 is 0 Å². The van der Waals surface area contributed by atoms with Gasteiger partial charge in [-0.2, -0.15) is 0 Å². The smallest absolute Gasteiger partial charge is 0.355 e. The molecule has 0 saturated heterocycles. The first kappa shape index (κ1) is 26.5. The molecular weight excluding hydrogens is 462 g/mol. The van der Waals surface area contributed by atoms with E-state index in [1.165, 1.54) is 7.11 Å². The van der Waals surface area contributed by atoms with Crippen LogP contribution in [0.1, 0.15) is 39.8 Å². The van der Waals surface area contributed by atoms with Gasteiger partial charge in [0, 0.05) is 24.8 Å². The van der Waals surface area contributed by atoms with E-state index >= 15 is 0 Å². The van der Waals surface area contributed by atoms with Gasteiger partial charge in [-0.15, -0.1) is 0 Å². The zero-order chi connectivity index (χ0) is 26.2. The molecule has 0 saturated carbocycles. The minimum absolute atomic E-state index is 0.268. The fraction of sp³-hybridized carbons (Fsp3) is 0.333. The third-order valence-corrected chi connectivity index (χ3v) is 5.89. The number of carbonyl (C=O) groups excluding carboxylic acids is 2. The van der Waals surface area contributed by atoms with E-state index in [0.29, 0.717) is 29.4 Å². The lowest BCUT2D eigenvalue weighted by atomic mass is 10.1. The lowest BCUT2D eigenvalue weighted by Crippen LogP contribution is -2.34. The van der Waals surface area contributed by atoms with Gasteiger partial charge in [-0.1, -0.05) is 12.1 Å². The summed E-state index contributed by atoms with van der Waals surface area (Å²) in [6.45, 7) is 6.36. The molecule has 3 aromatic rings. The number of H-pyrrole nitrogens is 1. The minimum atomic E-state index is -0.418. The average Bonchev–Trinajstić information content (AvgIpc) is 3.17.